The molecule has 0 amide bonds. The lowest BCUT2D eigenvalue weighted by Crippen LogP contribution is -2.40. The van der Waals surface area contributed by atoms with Crippen LogP contribution in [0.1, 0.15) is 29.4 Å². The van der Waals surface area contributed by atoms with Gasteiger partial charge in [-0.3, -0.25) is 0 Å². The molecule has 1 heterocycles. The lowest BCUT2D eigenvalue weighted by atomic mass is 9.89. The van der Waals surface area contributed by atoms with Gasteiger partial charge in [-0.2, -0.15) is 26.3 Å². The second-order valence-corrected chi connectivity index (χ2v) is 6.23. The van der Waals surface area contributed by atoms with Crippen molar-refractivity contribution < 1.29 is 31.4 Å². The quantitative estimate of drug-likeness (QED) is 0.700. The third-order valence-corrected chi connectivity index (χ3v) is 3.97. The number of hydrogen-bond acceptors (Lipinski definition) is 3. The van der Waals surface area contributed by atoms with Crippen molar-refractivity contribution in [3.05, 3.63) is 63.5 Å². The van der Waals surface area contributed by atoms with E-state index >= 15 is 0 Å². The molecule has 1 atom stereocenters. The van der Waals surface area contributed by atoms with Gasteiger partial charge in [0.1, 0.15) is 5.82 Å². The molecule has 0 unspecified atom stereocenters. The molecule has 0 fully saturated rings. The number of nitrogens with zero attached hydrogens (tertiary/aromatic N) is 2. The van der Waals surface area contributed by atoms with E-state index in [1.54, 1.807) is 0 Å². The van der Waals surface area contributed by atoms with Gasteiger partial charge in [-0.15, -0.1) is 0 Å². The third kappa shape index (κ3) is 4.21. The molecule has 0 aliphatic carbocycles. The molecular formula is C15H9Cl2F6N2O. The maximum Gasteiger partial charge on any atom is 0.421 e. The lowest BCUT2D eigenvalue weighted by molar-refractivity contribution is -0.259. The molecule has 0 saturated carbocycles. The summed E-state index contributed by atoms with van der Waals surface area (Å²) in [6, 6.07) is 1.98. The van der Waals surface area contributed by atoms with Crippen molar-refractivity contribution in [1.29, 1.82) is 0 Å². The summed E-state index contributed by atoms with van der Waals surface area (Å²) in [5.74, 6) is -0.332. The maximum absolute atomic E-state index is 13.2. The van der Waals surface area contributed by atoms with Gasteiger partial charge in [-0.05, 0) is 30.2 Å². The molecule has 0 aliphatic heterocycles. The van der Waals surface area contributed by atoms with Crippen LogP contribution in [-0.4, -0.2) is 21.3 Å². The molecule has 0 saturated heterocycles. The smallest absolute Gasteiger partial charge is 0.376 e. The van der Waals surface area contributed by atoms with E-state index in [4.69, 9.17) is 23.2 Å². The number of hydrogen-bond donors (Lipinski definition) is 1. The zero-order valence-corrected chi connectivity index (χ0v) is 14.3. The predicted octanol–water partition coefficient (Wildman–Crippen LogP) is 5.17. The summed E-state index contributed by atoms with van der Waals surface area (Å²) in [7, 11) is 0. The molecular weight excluding hydrogens is 409 g/mol. The standard InChI is InChI=1S/C15H9Cl2F6N2O/c1-13(26,15(21,22)23)10-2-8(16)3-11(17)9(10)4-12-24-5-7(6-25-12)14(18,19)20/h2-6,26H,1H3/t13-/m0/s1. The number of halogens is 8. The van der Waals surface area contributed by atoms with Gasteiger partial charge >= 0.3 is 12.4 Å². The Kier molecular flexibility index (Phi) is 5.47. The summed E-state index contributed by atoms with van der Waals surface area (Å²) < 4.78 is 77.1. The van der Waals surface area contributed by atoms with Crippen LogP contribution < -0.4 is 0 Å². The third-order valence-electron chi connectivity index (χ3n) is 3.44. The van der Waals surface area contributed by atoms with E-state index in [0.29, 0.717) is 19.3 Å². The van der Waals surface area contributed by atoms with Crippen LogP contribution in [0.3, 0.4) is 0 Å². The molecule has 1 aromatic heterocycles. The number of alkyl halides is 6. The summed E-state index contributed by atoms with van der Waals surface area (Å²) in [6.07, 6.45) is -7.85. The Bertz CT molecular complexity index is 804. The van der Waals surface area contributed by atoms with Crippen LogP contribution in [0, 0.1) is 6.42 Å². The summed E-state index contributed by atoms with van der Waals surface area (Å²) >= 11 is 11.6. The summed E-state index contributed by atoms with van der Waals surface area (Å²) in [6.45, 7) is 0.500. The normalized spacial score (nSPS) is 15.0. The monoisotopic (exact) mass is 417 g/mol. The molecule has 0 spiro atoms. The molecule has 1 N–H and O–H groups in total. The van der Waals surface area contributed by atoms with Gasteiger partial charge < -0.3 is 5.11 Å². The Morgan fingerprint density at radius 1 is 1.00 bits per heavy atom. The van der Waals surface area contributed by atoms with Crippen LogP contribution in [0.4, 0.5) is 26.3 Å². The number of rotatable bonds is 3. The first kappa shape index (κ1) is 20.7. The SMILES string of the molecule is C[C@](O)(c1cc(Cl)cc(Cl)c1[CH]c1ncc(C(F)(F)F)cn1)C(F)(F)F. The zero-order chi connectivity index (χ0) is 19.9. The molecule has 11 heteroatoms. The van der Waals surface area contributed by atoms with Crippen LogP contribution in [0.5, 0.6) is 0 Å². The van der Waals surface area contributed by atoms with Gasteiger partial charge in [0.05, 0.1) is 12.0 Å². The summed E-state index contributed by atoms with van der Waals surface area (Å²) in [5.41, 5.74) is -5.46. The first-order valence-corrected chi connectivity index (χ1v) is 7.51. The molecule has 3 nitrogen and oxygen atoms in total. The Balaban J connectivity index is 2.50. The highest BCUT2D eigenvalue weighted by atomic mass is 35.5. The van der Waals surface area contributed by atoms with Crippen LogP contribution in [0.15, 0.2) is 24.5 Å². The Morgan fingerprint density at radius 3 is 2.00 bits per heavy atom. The van der Waals surface area contributed by atoms with Gasteiger partial charge in [0, 0.05) is 22.4 Å². The van der Waals surface area contributed by atoms with Crippen molar-refractivity contribution in [3.63, 3.8) is 0 Å². The Labute approximate surface area is 153 Å². The van der Waals surface area contributed by atoms with E-state index < -0.39 is 29.1 Å². The lowest BCUT2D eigenvalue weighted by Gasteiger charge is -2.29. The van der Waals surface area contributed by atoms with E-state index in [2.05, 4.69) is 9.97 Å². The molecule has 141 valence electrons. The van der Waals surface area contributed by atoms with E-state index in [1.165, 1.54) is 0 Å². The minimum atomic E-state index is -5.06. The van der Waals surface area contributed by atoms with Crippen LogP contribution >= 0.6 is 23.2 Å². The van der Waals surface area contributed by atoms with Crippen LogP contribution in [0.25, 0.3) is 0 Å². The van der Waals surface area contributed by atoms with Crippen molar-refractivity contribution in [2.75, 3.05) is 0 Å². The Morgan fingerprint density at radius 2 is 1.54 bits per heavy atom. The topological polar surface area (TPSA) is 46.0 Å². The number of aliphatic hydroxyl groups is 1. The van der Waals surface area contributed by atoms with Gasteiger partial charge in [0.25, 0.3) is 0 Å². The minimum absolute atomic E-state index is 0.167. The molecule has 26 heavy (non-hydrogen) atoms. The highest BCUT2D eigenvalue weighted by Crippen LogP contribution is 2.43. The van der Waals surface area contributed by atoms with Gasteiger partial charge in [-0.25, -0.2) is 9.97 Å². The summed E-state index contributed by atoms with van der Waals surface area (Å²) in [5, 5.41) is 9.50. The zero-order valence-electron chi connectivity index (χ0n) is 12.8. The number of benzene rings is 1. The fourth-order valence-electron chi connectivity index (χ4n) is 1.97. The fraction of sp³-hybridized carbons (Fsp3) is 0.267. The molecule has 0 bridgehead atoms. The molecule has 2 aromatic rings. The van der Waals surface area contributed by atoms with Crippen LogP contribution in [-0.2, 0) is 11.8 Å². The predicted molar refractivity (Wildman–Crippen MR) is 81.6 cm³/mol. The van der Waals surface area contributed by atoms with E-state index in [9.17, 15) is 31.4 Å². The van der Waals surface area contributed by atoms with Gasteiger partial charge in [0.15, 0.2) is 5.60 Å². The Hall–Kier alpha value is -1.58. The van der Waals surface area contributed by atoms with Crippen molar-refractivity contribution >= 4 is 23.2 Å². The first-order valence-electron chi connectivity index (χ1n) is 6.76. The largest absolute Gasteiger partial charge is 0.421 e. The van der Waals surface area contributed by atoms with Crippen LogP contribution in [0.2, 0.25) is 10.0 Å². The van der Waals surface area contributed by atoms with Gasteiger partial charge in [-0.1, -0.05) is 23.2 Å². The minimum Gasteiger partial charge on any atom is -0.376 e. The van der Waals surface area contributed by atoms with E-state index in [1.807, 2.05) is 0 Å². The van der Waals surface area contributed by atoms with E-state index in [-0.39, 0.29) is 21.4 Å². The summed E-state index contributed by atoms with van der Waals surface area (Å²) in [4.78, 5) is 6.90. The van der Waals surface area contributed by atoms with Crippen molar-refractivity contribution in [1.82, 2.24) is 9.97 Å². The second kappa shape index (κ2) is 6.86. The highest BCUT2D eigenvalue weighted by molar-refractivity contribution is 6.35. The molecule has 1 radical (unpaired) electrons. The first-order chi connectivity index (χ1) is 11.7. The van der Waals surface area contributed by atoms with Crippen molar-refractivity contribution in [2.45, 2.75) is 24.9 Å². The molecule has 2 rings (SSSR count). The number of aromatic nitrogens is 2. The van der Waals surface area contributed by atoms with Crippen molar-refractivity contribution in [2.24, 2.45) is 0 Å². The molecule has 0 aliphatic rings. The second-order valence-electron chi connectivity index (χ2n) is 5.39. The van der Waals surface area contributed by atoms with Crippen molar-refractivity contribution in [3.8, 4) is 0 Å². The van der Waals surface area contributed by atoms with E-state index in [0.717, 1.165) is 18.6 Å². The fourth-order valence-corrected chi connectivity index (χ4v) is 2.52. The average Bonchev–Trinajstić information content (AvgIpc) is 2.48. The average molecular weight is 418 g/mol. The molecule has 1 aromatic carbocycles. The van der Waals surface area contributed by atoms with Gasteiger partial charge in [0.2, 0.25) is 0 Å². The highest BCUT2D eigenvalue weighted by Gasteiger charge is 2.52. The maximum atomic E-state index is 13.2.